The van der Waals surface area contributed by atoms with Crippen molar-refractivity contribution in [2.24, 2.45) is 5.41 Å². The standard InChI is InChI=1S/C24H32N8O4/c1-24(2,3)20(32-14-17(27-28-32)15-4-5-15)23(36)30-13-16(33)12-19(30)21(34)25-8-9-29-10-11-31-18(22(29)35)6-7-26-31/h6-7,10-11,14-16,19-20,33H,4-5,8-9,12-13H2,1-3H3,(H,25,34)/t16-,19+,20-/m1/s1. The molecule has 192 valence electrons. The summed E-state index contributed by atoms with van der Waals surface area (Å²) >= 11 is 0. The van der Waals surface area contributed by atoms with Crippen LogP contribution in [0.3, 0.4) is 0 Å². The van der Waals surface area contributed by atoms with E-state index < -0.39 is 23.6 Å². The number of rotatable bonds is 7. The van der Waals surface area contributed by atoms with Crippen LogP contribution in [-0.4, -0.2) is 76.2 Å². The van der Waals surface area contributed by atoms with Crippen molar-refractivity contribution in [3.05, 3.63) is 46.9 Å². The highest BCUT2D eigenvalue weighted by molar-refractivity contribution is 5.90. The number of aliphatic hydroxyl groups is 1. The average Bonchev–Trinajstić information content (AvgIpc) is 3.19. The van der Waals surface area contributed by atoms with Crippen LogP contribution in [0, 0.1) is 5.41 Å². The van der Waals surface area contributed by atoms with Crippen molar-refractivity contribution >= 4 is 17.3 Å². The first-order valence-electron chi connectivity index (χ1n) is 12.3. The molecule has 2 N–H and O–H groups in total. The molecule has 3 aromatic heterocycles. The first-order valence-corrected chi connectivity index (χ1v) is 12.3. The summed E-state index contributed by atoms with van der Waals surface area (Å²) in [6.07, 6.45) is 8.20. The Kier molecular flexibility index (Phi) is 6.15. The second-order valence-electron chi connectivity index (χ2n) is 10.8. The van der Waals surface area contributed by atoms with Crippen molar-refractivity contribution in [2.75, 3.05) is 13.1 Å². The quantitative estimate of drug-likeness (QED) is 0.480. The lowest BCUT2D eigenvalue weighted by atomic mass is 9.85. The van der Waals surface area contributed by atoms with Crippen LogP contribution in [0.15, 0.2) is 35.6 Å². The maximum absolute atomic E-state index is 13.8. The van der Waals surface area contributed by atoms with Gasteiger partial charge in [-0.05, 0) is 24.3 Å². The van der Waals surface area contributed by atoms with E-state index in [2.05, 4.69) is 20.7 Å². The van der Waals surface area contributed by atoms with E-state index in [0.29, 0.717) is 11.4 Å². The summed E-state index contributed by atoms with van der Waals surface area (Å²) in [7, 11) is 0. The van der Waals surface area contributed by atoms with Gasteiger partial charge in [-0.25, -0.2) is 9.20 Å². The Labute approximate surface area is 207 Å². The Morgan fingerprint density at radius 2 is 2.03 bits per heavy atom. The molecule has 2 fully saturated rings. The van der Waals surface area contributed by atoms with E-state index in [1.807, 2.05) is 27.0 Å². The fourth-order valence-corrected chi connectivity index (χ4v) is 4.88. The minimum atomic E-state index is -0.808. The molecule has 36 heavy (non-hydrogen) atoms. The first kappa shape index (κ1) is 24.2. The minimum absolute atomic E-state index is 0.0744. The molecule has 12 heteroatoms. The highest BCUT2D eigenvalue weighted by atomic mass is 16.3. The zero-order valence-electron chi connectivity index (χ0n) is 20.7. The number of carbonyl (C=O) groups is 2. The maximum Gasteiger partial charge on any atom is 0.276 e. The molecule has 4 heterocycles. The van der Waals surface area contributed by atoms with Crippen molar-refractivity contribution in [1.82, 2.24) is 39.4 Å². The van der Waals surface area contributed by atoms with E-state index in [1.165, 1.54) is 14.0 Å². The zero-order valence-corrected chi connectivity index (χ0v) is 20.7. The van der Waals surface area contributed by atoms with Crippen molar-refractivity contribution in [1.29, 1.82) is 0 Å². The molecule has 0 unspecified atom stereocenters. The van der Waals surface area contributed by atoms with Gasteiger partial charge in [0.15, 0.2) is 0 Å². The van der Waals surface area contributed by atoms with E-state index >= 15 is 0 Å². The molecule has 0 radical (unpaired) electrons. The maximum atomic E-state index is 13.8. The lowest BCUT2D eigenvalue weighted by Gasteiger charge is -2.34. The monoisotopic (exact) mass is 496 g/mol. The van der Waals surface area contributed by atoms with Crippen molar-refractivity contribution in [2.45, 2.75) is 70.7 Å². The predicted molar refractivity (Wildman–Crippen MR) is 129 cm³/mol. The van der Waals surface area contributed by atoms with Gasteiger partial charge in [0.05, 0.1) is 18.0 Å². The molecule has 0 bridgehead atoms. The van der Waals surface area contributed by atoms with Crippen LogP contribution >= 0.6 is 0 Å². The number of aliphatic hydroxyl groups excluding tert-OH is 1. The lowest BCUT2D eigenvalue weighted by molar-refractivity contribution is -0.144. The second-order valence-corrected chi connectivity index (χ2v) is 10.8. The largest absolute Gasteiger partial charge is 0.391 e. The third kappa shape index (κ3) is 4.64. The van der Waals surface area contributed by atoms with Gasteiger partial charge in [-0.2, -0.15) is 5.10 Å². The van der Waals surface area contributed by atoms with Gasteiger partial charge < -0.3 is 19.9 Å². The van der Waals surface area contributed by atoms with Gasteiger partial charge in [-0.1, -0.05) is 26.0 Å². The number of fused-ring (bicyclic) bond motifs is 1. The van der Waals surface area contributed by atoms with Gasteiger partial charge in [0.2, 0.25) is 11.8 Å². The van der Waals surface area contributed by atoms with Gasteiger partial charge in [0, 0.05) is 50.6 Å². The molecular weight excluding hydrogens is 464 g/mol. The molecule has 0 spiro atoms. The summed E-state index contributed by atoms with van der Waals surface area (Å²) in [5, 5.41) is 25.8. The normalized spacial score (nSPS) is 21.2. The molecule has 1 aliphatic heterocycles. The number of amides is 2. The van der Waals surface area contributed by atoms with E-state index in [1.54, 1.807) is 29.3 Å². The summed E-state index contributed by atoms with van der Waals surface area (Å²) in [5.74, 6) is -0.221. The van der Waals surface area contributed by atoms with Crippen molar-refractivity contribution in [3.63, 3.8) is 0 Å². The molecule has 0 aromatic carbocycles. The third-order valence-electron chi connectivity index (χ3n) is 6.90. The molecule has 5 rings (SSSR count). The Morgan fingerprint density at radius 3 is 2.75 bits per heavy atom. The molecule has 3 atom stereocenters. The SMILES string of the molecule is CC(C)(C)[C@@H](C(=O)N1C[C@H](O)C[C@H]1C(=O)NCCn1ccn2nccc2c1=O)n1cc(C2CC2)nn1. The Hall–Kier alpha value is -3.54. The number of aromatic nitrogens is 6. The van der Waals surface area contributed by atoms with Gasteiger partial charge in [0.25, 0.3) is 5.56 Å². The van der Waals surface area contributed by atoms with E-state index in [4.69, 9.17) is 0 Å². The van der Waals surface area contributed by atoms with E-state index in [-0.39, 0.29) is 43.4 Å². The summed E-state index contributed by atoms with van der Waals surface area (Å²) in [6.45, 7) is 6.39. The van der Waals surface area contributed by atoms with Crippen LogP contribution < -0.4 is 10.9 Å². The number of β-amino-alcohol motifs (C(OH)–C–C–N with tert-alkyl or cyclic N) is 1. The number of nitrogens with zero attached hydrogens (tertiary/aromatic N) is 7. The number of carbonyl (C=O) groups excluding carboxylic acids is 2. The van der Waals surface area contributed by atoms with Crippen LogP contribution in [0.4, 0.5) is 0 Å². The molecule has 3 aromatic rings. The average molecular weight is 497 g/mol. The number of likely N-dealkylation sites (tertiary alicyclic amines) is 1. The summed E-state index contributed by atoms with van der Waals surface area (Å²) in [6, 6.07) is 0.159. The fourth-order valence-electron chi connectivity index (χ4n) is 4.88. The highest BCUT2D eigenvalue weighted by Gasteiger charge is 2.45. The van der Waals surface area contributed by atoms with Crippen LogP contribution in [0.1, 0.15) is 57.7 Å². The molecule has 1 saturated carbocycles. The molecule has 1 saturated heterocycles. The van der Waals surface area contributed by atoms with Crippen molar-refractivity contribution in [3.8, 4) is 0 Å². The highest BCUT2D eigenvalue weighted by Crippen LogP contribution is 2.40. The first-order chi connectivity index (χ1) is 17.1. The van der Waals surface area contributed by atoms with E-state index in [0.717, 1.165) is 18.5 Å². The number of hydrogen-bond acceptors (Lipinski definition) is 7. The predicted octanol–water partition coefficient (Wildman–Crippen LogP) is 0.330. The van der Waals surface area contributed by atoms with Crippen molar-refractivity contribution < 1.29 is 14.7 Å². The van der Waals surface area contributed by atoms with Crippen LogP contribution in [0.2, 0.25) is 0 Å². The summed E-state index contributed by atoms with van der Waals surface area (Å²) in [5.41, 5.74) is 0.639. The van der Waals surface area contributed by atoms with Crippen LogP contribution in [-0.2, 0) is 16.1 Å². The minimum Gasteiger partial charge on any atom is -0.391 e. The second kappa shape index (κ2) is 9.16. The molecular formula is C24H32N8O4. The molecule has 2 aliphatic rings. The zero-order chi connectivity index (χ0) is 25.6. The summed E-state index contributed by atoms with van der Waals surface area (Å²) in [4.78, 5) is 40.9. The number of nitrogens with one attached hydrogen (secondary N) is 1. The van der Waals surface area contributed by atoms with Gasteiger partial charge in [0.1, 0.15) is 17.6 Å². The topological polar surface area (TPSA) is 140 Å². The fraction of sp³-hybridized carbons (Fsp3) is 0.583. The molecule has 12 nitrogen and oxygen atoms in total. The Balaban J connectivity index is 1.28. The van der Waals surface area contributed by atoms with Crippen LogP contribution in [0.25, 0.3) is 5.52 Å². The summed E-state index contributed by atoms with van der Waals surface area (Å²) < 4.78 is 4.60. The smallest absolute Gasteiger partial charge is 0.276 e. The Bertz CT molecular complexity index is 1330. The lowest BCUT2D eigenvalue weighted by Crippen LogP contribution is -2.50. The van der Waals surface area contributed by atoms with Gasteiger partial charge in [-0.3, -0.25) is 14.4 Å². The van der Waals surface area contributed by atoms with Gasteiger partial charge >= 0.3 is 0 Å². The van der Waals surface area contributed by atoms with Gasteiger partial charge in [-0.15, -0.1) is 5.10 Å². The number of hydrogen-bond donors (Lipinski definition) is 2. The van der Waals surface area contributed by atoms with E-state index in [9.17, 15) is 19.5 Å². The third-order valence-corrected chi connectivity index (χ3v) is 6.90. The Morgan fingerprint density at radius 1 is 1.25 bits per heavy atom. The molecule has 2 amide bonds. The van der Waals surface area contributed by atoms with Crippen LogP contribution in [0.5, 0.6) is 0 Å². The molecule has 1 aliphatic carbocycles.